The molecule has 0 heterocycles. The molecule has 0 radical (unpaired) electrons. The second kappa shape index (κ2) is 14.2. The molecule has 2 N–H and O–H groups in total. The summed E-state index contributed by atoms with van der Waals surface area (Å²) in [5.41, 5.74) is 0. The smallest absolute Gasteiger partial charge is 0.0771 e. The topological polar surface area (TPSA) is 68.2 Å². The van der Waals surface area contributed by atoms with Crippen LogP contribution in [0.15, 0.2) is 0 Å². The van der Waals surface area contributed by atoms with Crippen LogP contribution in [0.2, 0.25) is 0 Å². The van der Waals surface area contributed by atoms with Crippen LogP contribution in [0.5, 0.6) is 0 Å². The Labute approximate surface area is 116 Å². The van der Waals surface area contributed by atoms with Gasteiger partial charge in [-0.05, 0) is 25.7 Å². The summed E-state index contributed by atoms with van der Waals surface area (Å²) in [5.74, 6) is 0. The summed E-state index contributed by atoms with van der Waals surface area (Å²) < 4.78 is 16.0. The van der Waals surface area contributed by atoms with Gasteiger partial charge < -0.3 is 24.4 Å². The van der Waals surface area contributed by atoms with E-state index in [2.05, 4.69) is 0 Å². The molecule has 0 aliphatic carbocycles. The largest absolute Gasteiger partial charge is 0.391 e. The number of aliphatic hydroxyl groups is 2. The molecule has 0 rings (SSSR count). The van der Waals surface area contributed by atoms with Crippen LogP contribution in [0.3, 0.4) is 0 Å². The van der Waals surface area contributed by atoms with E-state index in [4.69, 9.17) is 14.2 Å². The van der Waals surface area contributed by atoms with E-state index in [-0.39, 0.29) is 12.2 Å². The molecular weight excluding hydrogens is 248 g/mol. The van der Waals surface area contributed by atoms with Crippen molar-refractivity contribution in [2.45, 2.75) is 51.7 Å². The van der Waals surface area contributed by atoms with Crippen LogP contribution in [0.25, 0.3) is 0 Å². The molecule has 116 valence electrons. The lowest BCUT2D eigenvalue weighted by Crippen LogP contribution is -2.15. The van der Waals surface area contributed by atoms with Gasteiger partial charge in [0.25, 0.3) is 0 Å². The van der Waals surface area contributed by atoms with Crippen LogP contribution in [-0.4, -0.2) is 62.1 Å². The van der Waals surface area contributed by atoms with Crippen molar-refractivity contribution < 1.29 is 24.4 Å². The highest BCUT2D eigenvalue weighted by atomic mass is 16.5. The predicted octanol–water partition coefficient (Wildman–Crippen LogP) is 1.36. The van der Waals surface area contributed by atoms with Crippen molar-refractivity contribution in [3.8, 4) is 0 Å². The molecule has 0 aromatic carbocycles. The maximum atomic E-state index is 9.25. The highest BCUT2D eigenvalue weighted by Gasteiger charge is 2.00. The fourth-order valence-electron chi connectivity index (χ4n) is 1.30. The summed E-state index contributed by atoms with van der Waals surface area (Å²) in [5, 5.41) is 18.5. The Kier molecular flexibility index (Phi) is 14.1. The molecule has 0 saturated carbocycles. The molecule has 0 spiro atoms. The normalized spacial score (nSPS) is 14.5. The third-order valence-electron chi connectivity index (χ3n) is 2.72. The van der Waals surface area contributed by atoms with E-state index in [1.807, 2.05) is 13.8 Å². The number of hydrogen-bond donors (Lipinski definition) is 2. The van der Waals surface area contributed by atoms with E-state index in [0.717, 1.165) is 25.7 Å². The summed E-state index contributed by atoms with van der Waals surface area (Å²) >= 11 is 0. The summed E-state index contributed by atoms with van der Waals surface area (Å²) in [7, 11) is 0. The van der Waals surface area contributed by atoms with Gasteiger partial charge in [-0.2, -0.15) is 0 Å². The summed E-state index contributed by atoms with van der Waals surface area (Å²) in [6.45, 7) is 7.25. The zero-order chi connectivity index (χ0) is 14.3. The molecule has 0 aromatic heterocycles. The second-order valence-electron chi connectivity index (χ2n) is 4.59. The monoisotopic (exact) mass is 278 g/mol. The van der Waals surface area contributed by atoms with Crippen molar-refractivity contribution in [1.29, 1.82) is 0 Å². The molecule has 0 aromatic rings. The van der Waals surface area contributed by atoms with Gasteiger partial charge in [0.15, 0.2) is 0 Å². The zero-order valence-electron chi connectivity index (χ0n) is 12.3. The van der Waals surface area contributed by atoms with Crippen molar-refractivity contribution >= 4 is 0 Å². The molecule has 5 heteroatoms. The van der Waals surface area contributed by atoms with Crippen LogP contribution in [-0.2, 0) is 14.2 Å². The van der Waals surface area contributed by atoms with Gasteiger partial charge in [0.2, 0.25) is 0 Å². The molecule has 0 aliphatic heterocycles. The molecule has 19 heavy (non-hydrogen) atoms. The minimum Gasteiger partial charge on any atom is -0.391 e. The van der Waals surface area contributed by atoms with Crippen LogP contribution < -0.4 is 0 Å². The molecule has 5 nitrogen and oxygen atoms in total. The first-order valence-corrected chi connectivity index (χ1v) is 7.30. The van der Waals surface area contributed by atoms with Gasteiger partial charge in [0.05, 0.1) is 25.4 Å². The lowest BCUT2D eigenvalue weighted by Gasteiger charge is -2.10. The van der Waals surface area contributed by atoms with Gasteiger partial charge in [-0.15, -0.1) is 0 Å². The summed E-state index contributed by atoms with van der Waals surface area (Å²) in [6, 6.07) is 0. The van der Waals surface area contributed by atoms with Crippen LogP contribution in [0.4, 0.5) is 0 Å². The third-order valence-corrected chi connectivity index (χ3v) is 2.72. The van der Waals surface area contributed by atoms with E-state index in [1.165, 1.54) is 0 Å². The van der Waals surface area contributed by atoms with E-state index in [0.29, 0.717) is 39.6 Å². The average Bonchev–Trinajstić information content (AvgIpc) is 2.43. The first kappa shape index (κ1) is 18.8. The van der Waals surface area contributed by atoms with E-state index in [9.17, 15) is 10.2 Å². The standard InChI is InChI=1S/C14H30O5/c1-3-13(15)11-18-9-5-7-17-8-6-10-19-12-14(16)4-2/h13-16H,3-12H2,1-2H3. The van der Waals surface area contributed by atoms with E-state index in [1.54, 1.807) is 0 Å². The van der Waals surface area contributed by atoms with Crippen molar-refractivity contribution in [3.63, 3.8) is 0 Å². The Morgan fingerprint density at radius 1 is 0.684 bits per heavy atom. The minimum atomic E-state index is -0.350. The molecule has 0 amide bonds. The van der Waals surface area contributed by atoms with E-state index >= 15 is 0 Å². The summed E-state index contributed by atoms with van der Waals surface area (Å²) in [4.78, 5) is 0. The lowest BCUT2D eigenvalue weighted by molar-refractivity contribution is 0.0132. The van der Waals surface area contributed by atoms with Crippen LogP contribution in [0.1, 0.15) is 39.5 Å². The maximum absolute atomic E-state index is 9.25. The predicted molar refractivity (Wildman–Crippen MR) is 74.3 cm³/mol. The lowest BCUT2D eigenvalue weighted by atomic mass is 10.3. The number of rotatable bonds is 14. The van der Waals surface area contributed by atoms with Crippen molar-refractivity contribution in [2.24, 2.45) is 0 Å². The van der Waals surface area contributed by atoms with Crippen molar-refractivity contribution in [3.05, 3.63) is 0 Å². The van der Waals surface area contributed by atoms with Crippen molar-refractivity contribution in [2.75, 3.05) is 39.6 Å². The fraction of sp³-hybridized carbons (Fsp3) is 1.00. The Bertz CT molecular complexity index is 159. The first-order chi connectivity index (χ1) is 9.20. The number of aliphatic hydroxyl groups excluding tert-OH is 2. The van der Waals surface area contributed by atoms with Gasteiger partial charge >= 0.3 is 0 Å². The molecule has 0 aliphatic rings. The summed E-state index contributed by atoms with van der Waals surface area (Å²) in [6.07, 6.45) is 2.43. The second-order valence-corrected chi connectivity index (χ2v) is 4.59. The zero-order valence-corrected chi connectivity index (χ0v) is 12.3. The van der Waals surface area contributed by atoms with Gasteiger partial charge in [0, 0.05) is 26.4 Å². The highest BCUT2D eigenvalue weighted by Crippen LogP contribution is 1.94. The van der Waals surface area contributed by atoms with Crippen LogP contribution >= 0.6 is 0 Å². The van der Waals surface area contributed by atoms with Gasteiger partial charge in [-0.1, -0.05) is 13.8 Å². The molecule has 2 atom stereocenters. The average molecular weight is 278 g/mol. The van der Waals surface area contributed by atoms with Gasteiger partial charge in [-0.25, -0.2) is 0 Å². The Morgan fingerprint density at radius 3 is 1.42 bits per heavy atom. The number of ether oxygens (including phenoxy) is 3. The molecular formula is C14H30O5. The maximum Gasteiger partial charge on any atom is 0.0771 e. The molecule has 0 saturated heterocycles. The molecule has 0 bridgehead atoms. The van der Waals surface area contributed by atoms with Crippen molar-refractivity contribution in [1.82, 2.24) is 0 Å². The van der Waals surface area contributed by atoms with Gasteiger partial charge in [0.1, 0.15) is 0 Å². The molecule has 2 unspecified atom stereocenters. The van der Waals surface area contributed by atoms with Crippen LogP contribution in [0, 0.1) is 0 Å². The minimum absolute atomic E-state index is 0.350. The van der Waals surface area contributed by atoms with E-state index < -0.39 is 0 Å². The molecule has 0 fully saturated rings. The first-order valence-electron chi connectivity index (χ1n) is 7.30. The Morgan fingerprint density at radius 2 is 1.05 bits per heavy atom. The SMILES string of the molecule is CCC(O)COCCCOCCCOCC(O)CC. The Balaban J connectivity index is 3.03. The van der Waals surface area contributed by atoms with Gasteiger partial charge in [-0.3, -0.25) is 0 Å². The third kappa shape index (κ3) is 14.0. The Hall–Kier alpha value is -0.200. The number of hydrogen-bond acceptors (Lipinski definition) is 5. The quantitative estimate of drug-likeness (QED) is 0.470. The highest BCUT2D eigenvalue weighted by molar-refractivity contribution is 4.49. The fourth-order valence-corrected chi connectivity index (χ4v) is 1.30.